The van der Waals surface area contributed by atoms with Gasteiger partial charge in [0.05, 0.1) is 6.54 Å². The zero-order valence-corrected chi connectivity index (χ0v) is 8.97. The Kier molecular flexibility index (Phi) is 3.64. The molecule has 4 nitrogen and oxygen atoms in total. The standard InChI is InChI=1S/C11H18N4/c12-8-10-4-1-2-7-15(10)9-11-13-5-3-6-14-11/h3,5-6,10H,1-2,4,7-9,12H2. The maximum Gasteiger partial charge on any atom is 0.142 e. The predicted molar refractivity (Wildman–Crippen MR) is 59.1 cm³/mol. The minimum atomic E-state index is 0.516. The van der Waals surface area contributed by atoms with Crippen molar-refractivity contribution in [3.8, 4) is 0 Å². The maximum absolute atomic E-state index is 5.76. The molecule has 0 aliphatic carbocycles. The van der Waals surface area contributed by atoms with Crippen LogP contribution >= 0.6 is 0 Å². The molecule has 1 saturated heterocycles. The molecule has 1 fully saturated rings. The fraction of sp³-hybridized carbons (Fsp3) is 0.636. The Bertz CT molecular complexity index is 288. The zero-order chi connectivity index (χ0) is 10.5. The minimum absolute atomic E-state index is 0.516. The summed E-state index contributed by atoms with van der Waals surface area (Å²) in [6.07, 6.45) is 7.37. The maximum atomic E-state index is 5.76. The fourth-order valence-electron chi connectivity index (χ4n) is 2.13. The highest BCUT2D eigenvalue weighted by molar-refractivity contribution is 4.90. The van der Waals surface area contributed by atoms with Crippen LogP contribution in [0.25, 0.3) is 0 Å². The van der Waals surface area contributed by atoms with Crippen molar-refractivity contribution in [2.24, 2.45) is 5.73 Å². The van der Waals surface area contributed by atoms with Crippen LogP contribution in [-0.4, -0.2) is 34.0 Å². The van der Waals surface area contributed by atoms with Crippen LogP contribution in [0.15, 0.2) is 18.5 Å². The van der Waals surface area contributed by atoms with E-state index in [1.54, 1.807) is 12.4 Å². The third kappa shape index (κ3) is 2.73. The molecule has 1 aliphatic heterocycles. The van der Waals surface area contributed by atoms with Gasteiger partial charge in [-0.15, -0.1) is 0 Å². The van der Waals surface area contributed by atoms with Gasteiger partial charge in [-0.1, -0.05) is 6.42 Å². The molecule has 1 atom stereocenters. The second-order valence-electron chi connectivity index (χ2n) is 4.02. The van der Waals surface area contributed by atoms with Crippen molar-refractivity contribution in [3.63, 3.8) is 0 Å². The molecule has 15 heavy (non-hydrogen) atoms. The second-order valence-corrected chi connectivity index (χ2v) is 4.02. The van der Waals surface area contributed by atoms with Gasteiger partial charge in [-0.3, -0.25) is 4.90 Å². The molecule has 2 heterocycles. The SMILES string of the molecule is NCC1CCCCN1Cc1ncccn1. The number of nitrogens with zero attached hydrogens (tertiary/aromatic N) is 3. The normalized spacial score (nSPS) is 22.9. The molecule has 0 amide bonds. The highest BCUT2D eigenvalue weighted by atomic mass is 15.2. The van der Waals surface area contributed by atoms with Crippen LogP contribution in [0.4, 0.5) is 0 Å². The molecule has 0 saturated carbocycles. The van der Waals surface area contributed by atoms with E-state index < -0.39 is 0 Å². The Balaban J connectivity index is 1.97. The summed E-state index contributed by atoms with van der Waals surface area (Å²) in [6.45, 7) is 2.70. The van der Waals surface area contributed by atoms with Gasteiger partial charge in [0, 0.05) is 25.0 Å². The Morgan fingerprint density at radius 2 is 2.13 bits per heavy atom. The van der Waals surface area contributed by atoms with Crippen LogP contribution in [0.1, 0.15) is 25.1 Å². The molecule has 4 heteroatoms. The summed E-state index contributed by atoms with van der Waals surface area (Å²) in [5.74, 6) is 0.901. The molecule has 2 rings (SSSR count). The van der Waals surface area contributed by atoms with Crippen molar-refractivity contribution in [2.45, 2.75) is 31.8 Å². The first kappa shape index (κ1) is 10.5. The van der Waals surface area contributed by atoms with Crippen molar-refractivity contribution in [1.29, 1.82) is 0 Å². The lowest BCUT2D eigenvalue weighted by Crippen LogP contribution is -2.43. The summed E-state index contributed by atoms with van der Waals surface area (Å²) in [5, 5.41) is 0. The monoisotopic (exact) mass is 206 g/mol. The molecule has 1 unspecified atom stereocenters. The molecule has 0 radical (unpaired) electrons. The molecular weight excluding hydrogens is 188 g/mol. The van der Waals surface area contributed by atoms with Crippen LogP contribution in [-0.2, 0) is 6.54 Å². The molecule has 82 valence electrons. The van der Waals surface area contributed by atoms with Gasteiger partial charge in [0.1, 0.15) is 5.82 Å². The molecule has 1 aromatic rings. The van der Waals surface area contributed by atoms with Crippen molar-refractivity contribution in [3.05, 3.63) is 24.3 Å². The summed E-state index contributed by atoms with van der Waals surface area (Å²) in [7, 11) is 0. The number of hydrogen-bond acceptors (Lipinski definition) is 4. The number of aromatic nitrogens is 2. The van der Waals surface area contributed by atoms with Crippen LogP contribution in [0.3, 0.4) is 0 Å². The molecule has 0 bridgehead atoms. The van der Waals surface area contributed by atoms with Gasteiger partial charge in [0.25, 0.3) is 0 Å². The topological polar surface area (TPSA) is 55.0 Å². The first-order valence-corrected chi connectivity index (χ1v) is 5.60. The quantitative estimate of drug-likeness (QED) is 0.794. The first-order chi connectivity index (χ1) is 7.40. The number of nitrogens with two attached hydrogens (primary N) is 1. The molecule has 0 aromatic carbocycles. The van der Waals surface area contributed by atoms with E-state index in [1.807, 2.05) is 6.07 Å². The van der Waals surface area contributed by atoms with Gasteiger partial charge in [0.2, 0.25) is 0 Å². The Morgan fingerprint density at radius 1 is 1.33 bits per heavy atom. The minimum Gasteiger partial charge on any atom is -0.329 e. The molecule has 1 aliphatic rings. The Hall–Kier alpha value is -1.00. The van der Waals surface area contributed by atoms with E-state index in [1.165, 1.54) is 19.3 Å². The van der Waals surface area contributed by atoms with Crippen molar-refractivity contribution < 1.29 is 0 Å². The number of likely N-dealkylation sites (tertiary alicyclic amines) is 1. The largest absolute Gasteiger partial charge is 0.329 e. The summed E-state index contributed by atoms with van der Waals surface area (Å²) in [6, 6.07) is 2.36. The van der Waals surface area contributed by atoms with Gasteiger partial charge in [0.15, 0.2) is 0 Å². The third-order valence-electron chi connectivity index (χ3n) is 2.98. The molecule has 1 aromatic heterocycles. The summed E-state index contributed by atoms with van der Waals surface area (Å²) in [5.41, 5.74) is 5.76. The average Bonchev–Trinajstić information content (AvgIpc) is 2.31. The highest BCUT2D eigenvalue weighted by Gasteiger charge is 2.21. The van der Waals surface area contributed by atoms with E-state index in [-0.39, 0.29) is 0 Å². The first-order valence-electron chi connectivity index (χ1n) is 5.60. The molecular formula is C11H18N4. The number of rotatable bonds is 3. The van der Waals surface area contributed by atoms with Crippen LogP contribution < -0.4 is 5.73 Å². The summed E-state index contributed by atoms with van der Waals surface area (Å²) < 4.78 is 0. The van der Waals surface area contributed by atoms with Crippen molar-refractivity contribution in [1.82, 2.24) is 14.9 Å². The van der Waals surface area contributed by atoms with E-state index in [0.29, 0.717) is 6.04 Å². The van der Waals surface area contributed by atoms with Gasteiger partial charge < -0.3 is 5.73 Å². The van der Waals surface area contributed by atoms with E-state index in [0.717, 1.165) is 25.5 Å². The highest BCUT2D eigenvalue weighted by Crippen LogP contribution is 2.17. The zero-order valence-electron chi connectivity index (χ0n) is 8.97. The third-order valence-corrected chi connectivity index (χ3v) is 2.98. The fourth-order valence-corrected chi connectivity index (χ4v) is 2.13. The lowest BCUT2D eigenvalue weighted by atomic mass is 10.0. The van der Waals surface area contributed by atoms with Crippen LogP contribution in [0.5, 0.6) is 0 Å². The second kappa shape index (κ2) is 5.19. The van der Waals surface area contributed by atoms with Crippen LogP contribution in [0, 0.1) is 0 Å². The lowest BCUT2D eigenvalue weighted by Gasteiger charge is -2.34. The van der Waals surface area contributed by atoms with Gasteiger partial charge >= 0.3 is 0 Å². The van der Waals surface area contributed by atoms with Gasteiger partial charge in [-0.25, -0.2) is 9.97 Å². The summed E-state index contributed by atoms with van der Waals surface area (Å²) in [4.78, 5) is 10.9. The van der Waals surface area contributed by atoms with E-state index in [9.17, 15) is 0 Å². The Morgan fingerprint density at radius 3 is 2.87 bits per heavy atom. The van der Waals surface area contributed by atoms with Gasteiger partial charge in [-0.05, 0) is 25.5 Å². The van der Waals surface area contributed by atoms with Crippen molar-refractivity contribution in [2.75, 3.05) is 13.1 Å². The molecule has 2 N–H and O–H groups in total. The smallest absolute Gasteiger partial charge is 0.142 e. The Labute approximate surface area is 90.5 Å². The lowest BCUT2D eigenvalue weighted by molar-refractivity contribution is 0.141. The predicted octanol–water partition coefficient (Wildman–Crippen LogP) is 0.790. The van der Waals surface area contributed by atoms with E-state index in [2.05, 4.69) is 14.9 Å². The van der Waals surface area contributed by atoms with Crippen molar-refractivity contribution >= 4 is 0 Å². The number of piperidine rings is 1. The van der Waals surface area contributed by atoms with E-state index in [4.69, 9.17) is 5.73 Å². The summed E-state index contributed by atoms with van der Waals surface area (Å²) >= 11 is 0. The number of hydrogen-bond donors (Lipinski definition) is 1. The van der Waals surface area contributed by atoms with E-state index >= 15 is 0 Å². The van der Waals surface area contributed by atoms with Crippen LogP contribution in [0.2, 0.25) is 0 Å². The molecule has 0 spiro atoms. The average molecular weight is 206 g/mol. The van der Waals surface area contributed by atoms with Gasteiger partial charge in [-0.2, -0.15) is 0 Å².